The lowest BCUT2D eigenvalue weighted by atomic mass is 10.1. The van der Waals surface area contributed by atoms with Gasteiger partial charge in [-0.1, -0.05) is 38.1 Å². The quantitative estimate of drug-likeness (QED) is 0.714. The molecule has 6 nitrogen and oxygen atoms in total. The van der Waals surface area contributed by atoms with Crippen molar-refractivity contribution in [3.63, 3.8) is 0 Å². The normalized spacial score (nSPS) is 11.4. The second-order valence-corrected chi connectivity index (χ2v) is 7.87. The Kier molecular flexibility index (Phi) is 7.38. The summed E-state index contributed by atoms with van der Waals surface area (Å²) in [5, 5.41) is 2.83. The van der Waals surface area contributed by atoms with Crippen LogP contribution in [0.2, 0.25) is 0 Å². The second-order valence-electron chi connectivity index (χ2n) is 5.93. The van der Waals surface area contributed by atoms with Crippen LogP contribution in [0.5, 0.6) is 5.75 Å². The van der Waals surface area contributed by atoms with Crippen LogP contribution in [-0.4, -0.2) is 45.4 Å². The van der Waals surface area contributed by atoms with E-state index in [1.807, 2.05) is 24.3 Å². The van der Waals surface area contributed by atoms with Crippen LogP contribution in [0.15, 0.2) is 53.4 Å². The van der Waals surface area contributed by atoms with Crippen molar-refractivity contribution in [2.24, 2.45) is 0 Å². The van der Waals surface area contributed by atoms with Crippen LogP contribution >= 0.6 is 0 Å². The van der Waals surface area contributed by atoms with Gasteiger partial charge in [0.05, 0.1) is 12.0 Å². The SMILES string of the molecule is CCN(CC)S(=O)(=O)c1cccc(C(=O)NCCc2ccccc2OC)c1. The predicted octanol–water partition coefficient (Wildman–Crippen LogP) is 2.70. The summed E-state index contributed by atoms with van der Waals surface area (Å²) in [5.41, 5.74) is 1.32. The minimum atomic E-state index is -3.59. The molecule has 27 heavy (non-hydrogen) atoms. The fourth-order valence-electron chi connectivity index (χ4n) is 2.83. The number of ether oxygens (including phenoxy) is 1. The van der Waals surface area contributed by atoms with Crippen LogP contribution in [0.25, 0.3) is 0 Å². The topological polar surface area (TPSA) is 75.7 Å². The molecule has 0 atom stereocenters. The number of amides is 1. The lowest BCUT2D eigenvalue weighted by Gasteiger charge is -2.18. The third kappa shape index (κ3) is 5.08. The van der Waals surface area contributed by atoms with Crippen molar-refractivity contribution in [1.29, 1.82) is 0 Å². The third-order valence-corrected chi connectivity index (χ3v) is 6.36. The van der Waals surface area contributed by atoms with Crippen LogP contribution in [0.1, 0.15) is 29.8 Å². The van der Waals surface area contributed by atoms with Crippen LogP contribution in [0.3, 0.4) is 0 Å². The van der Waals surface area contributed by atoms with Crippen molar-refractivity contribution in [3.05, 3.63) is 59.7 Å². The van der Waals surface area contributed by atoms with Gasteiger partial charge in [0.25, 0.3) is 5.91 Å². The third-order valence-electron chi connectivity index (χ3n) is 4.31. The molecule has 2 aromatic carbocycles. The summed E-state index contributed by atoms with van der Waals surface area (Å²) in [6, 6.07) is 13.8. The molecule has 0 aliphatic carbocycles. The Morgan fingerprint density at radius 1 is 1.07 bits per heavy atom. The predicted molar refractivity (Wildman–Crippen MR) is 106 cm³/mol. The lowest BCUT2D eigenvalue weighted by Crippen LogP contribution is -2.31. The van der Waals surface area contributed by atoms with E-state index in [0.717, 1.165) is 11.3 Å². The molecule has 2 rings (SSSR count). The van der Waals surface area contributed by atoms with Crippen LogP contribution < -0.4 is 10.1 Å². The van der Waals surface area contributed by atoms with Crippen molar-refractivity contribution in [1.82, 2.24) is 9.62 Å². The van der Waals surface area contributed by atoms with E-state index in [-0.39, 0.29) is 10.8 Å². The highest BCUT2D eigenvalue weighted by molar-refractivity contribution is 7.89. The zero-order chi connectivity index (χ0) is 19.9. The largest absolute Gasteiger partial charge is 0.496 e. The molecule has 0 aliphatic heterocycles. The Morgan fingerprint density at radius 3 is 2.44 bits per heavy atom. The van der Waals surface area contributed by atoms with Crippen molar-refractivity contribution in [2.75, 3.05) is 26.7 Å². The number of sulfonamides is 1. The van der Waals surface area contributed by atoms with E-state index < -0.39 is 10.0 Å². The molecule has 2 aromatic rings. The molecule has 0 unspecified atom stereocenters. The second kappa shape index (κ2) is 9.53. The van der Waals surface area contributed by atoms with Gasteiger partial charge in [-0.15, -0.1) is 0 Å². The Balaban J connectivity index is 2.07. The summed E-state index contributed by atoms with van der Waals surface area (Å²) >= 11 is 0. The van der Waals surface area contributed by atoms with Gasteiger partial charge in [-0.2, -0.15) is 4.31 Å². The zero-order valence-electron chi connectivity index (χ0n) is 15.9. The molecule has 0 spiro atoms. The molecule has 1 N–H and O–H groups in total. The van der Waals surface area contributed by atoms with Gasteiger partial charge in [0.2, 0.25) is 10.0 Å². The summed E-state index contributed by atoms with van der Waals surface area (Å²) in [6.07, 6.45) is 0.618. The Labute approximate surface area is 161 Å². The highest BCUT2D eigenvalue weighted by atomic mass is 32.2. The summed E-state index contributed by atoms with van der Waals surface area (Å²) in [5.74, 6) is 0.473. The van der Waals surface area contributed by atoms with Gasteiger partial charge >= 0.3 is 0 Å². The van der Waals surface area contributed by atoms with E-state index in [1.54, 1.807) is 33.1 Å². The smallest absolute Gasteiger partial charge is 0.251 e. The van der Waals surface area contributed by atoms with E-state index in [4.69, 9.17) is 4.74 Å². The number of nitrogens with one attached hydrogen (secondary N) is 1. The molecule has 0 radical (unpaired) electrons. The number of hydrogen-bond donors (Lipinski definition) is 1. The Bertz CT molecular complexity index is 877. The first-order chi connectivity index (χ1) is 12.9. The van der Waals surface area contributed by atoms with E-state index in [0.29, 0.717) is 31.6 Å². The first-order valence-corrected chi connectivity index (χ1v) is 10.4. The highest BCUT2D eigenvalue weighted by Crippen LogP contribution is 2.18. The molecule has 146 valence electrons. The van der Waals surface area contributed by atoms with E-state index >= 15 is 0 Å². The molecule has 7 heteroatoms. The summed E-state index contributed by atoms with van der Waals surface area (Å²) in [6.45, 7) is 4.76. The molecule has 0 aromatic heterocycles. The molecular weight excluding hydrogens is 364 g/mol. The molecule has 0 bridgehead atoms. The first-order valence-electron chi connectivity index (χ1n) is 8.94. The van der Waals surface area contributed by atoms with Crippen molar-refractivity contribution < 1.29 is 17.9 Å². The maximum Gasteiger partial charge on any atom is 0.251 e. The number of nitrogens with zero attached hydrogens (tertiary/aromatic N) is 1. The van der Waals surface area contributed by atoms with E-state index in [1.165, 1.54) is 16.4 Å². The number of hydrogen-bond acceptors (Lipinski definition) is 4. The fraction of sp³-hybridized carbons (Fsp3) is 0.350. The Hall–Kier alpha value is -2.38. The molecule has 0 saturated carbocycles. The maximum atomic E-state index is 12.6. The highest BCUT2D eigenvalue weighted by Gasteiger charge is 2.22. The van der Waals surface area contributed by atoms with E-state index in [9.17, 15) is 13.2 Å². The number of para-hydroxylation sites is 1. The molecular formula is C20H26N2O4S. The van der Waals surface area contributed by atoms with Gasteiger partial charge in [0, 0.05) is 25.2 Å². The average molecular weight is 391 g/mol. The first kappa shape index (κ1) is 20.9. The molecule has 0 aliphatic rings. The standard InChI is InChI=1S/C20H26N2O4S/c1-4-22(5-2)27(24,25)18-11-8-10-17(15-18)20(23)21-14-13-16-9-6-7-12-19(16)26-3/h6-12,15H,4-5,13-14H2,1-3H3,(H,21,23). The van der Waals surface area contributed by atoms with Crippen LogP contribution in [0, 0.1) is 0 Å². The van der Waals surface area contributed by atoms with Gasteiger partial charge in [0.15, 0.2) is 0 Å². The number of carbonyl (C=O) groups excluding carboxylic acids is 1. The van der Waals surface area contributed by atoms with E-state index in [2.05, 4.69) is 5.32 Å². The van der Waals surface area contributed by atoms with Gasteiger partial charge < -0.3 is 10.1 Å². The van der Waals surface area contributed by atoms with Gasteiger partial charge in [-0.25, -0.2) is 8.42 Å². The zero-order valence-corrected chi connectivity index (χ0v) is 16.8. The fourth-order valence-corrected chi connectivity index (χ4v) is 4.34. The van der Waals surface area contributed by atoms with Crippen molar-refractivity contribution in [3.8, 4) is 5.75 Å². The monoisotopic (exact) mass is 390 g/mol. The number of methoxy groups -OCH3 is 1. The minimum Gasteiger partial charge on any atom is -0.496 e. The summed E-state index contributed by atoms with van der Waals surface area (Å²) in [7, 11) is -1.98. The van der Waals surface area contributed by atoms with Gasteiger partial charge in [0.1, 0.15) is 5.75 Å². The molecule has 0 heterocycles. The summed E-state index contributed by atoms with van der Waals surface area (Å²) in [4.78, 5) is 12.6. The van der Waals surface area contributed by atoms with Crippen LogP contribution in [0.4, 0.5) is 0 Å². The van der Waals surface area contributed by atoms with Gasteiger partial charge in [-0.3, -0.25) is 4.79 Å². The minimum absolute atomic E-state index is 0.128. The molecule has 0 saturated heterocycles. The maximum absolute atomic E-state index is 12.6. The van der Waals surface area contributed by atoms with Crippen molar-refractivity contribution >= 4 is 15.9 Å². The van der Waals surface area contributed by atoms with Crippen molar-refractivity contribution in [2.45, 2.75) is 25.2 Å². The Morgan fingerprint density at radius 2 is 1.78 bits per heavy atom. The molecule has 0 fully saturated rings. The lowest BCUT2D eigenvalue weighted by molar-refractivity contribution is 0.0954. The van der Waals surface area contributed by atoms with Gasteiger partial charge in [-0.05, 0) is 36.2 Å². The summed E-state index contributed by atoms with van der Waals surface area (Å²) < 4.78 is 31.9. The number of carbonyl (C=O) groups is 1. The number of benzene rings is 2. The molecule has 1 amide bonds. The van der Waals surface area contributed by atoms with Crippen LogP contribution in [-0.2, 0) is 16.4 Å². The number of rotatable bonds is 9. The average Bonchev–Trinajstić information content (AvgIpc) is 2.69.